The van der Waals surface area contributed by atoms with E-state index in [2.05, 4.69) is 20.3 Å². The van der Waals surface area contributed by atoms with Crippen molar-refractivity contribution in [3.63, 3.8) is 0 Å². The van der Waals surface area contributed by atoms with Gasteiger partial charge in [-0.2, -0.15) is 5.10 Å². The molecule has 3 rings (SSSR count). The van der Waals surface area contributed by atoms with Crippen molar-refractivity contribution in [3.8, 4) is 0 Å². The summed E-state index contributed by atoms with van der Waals surface area (Å²) in [5.74, 6) is -1.02. The highest BCUT2D eigenvalue weighted by molar-refractivity contribution is 5.70. The maximum absolute atomic E-state index is 14.1. The molecule has 1 N–H and O–H groups in total. The Morgan fingerprint density at radius 3 is 2.83 bits per heavy atom. The second-order valence-corrected chi connectivity index (χ2v) is 5.43. The van der Waals surface area contributed by atoms with E-state index in [1.807, 2.05) is 0 Å². The highest BCUT2D eigenvalue weighted by atomic mass is 19.1. The van der Waals surface area contributed by atoms with Gasteiger partial charge in [-0.3, -0.25) is 4.90 Å². The molecule has 24 heavy (non-hydrogen) atoms. The molecule has 0 bridgehead atoms. The first-order valence-corrected chi connectivity index (χ1v) is 7.79. The minimum atomic E-state index is -0.677. The molecule has 0 unspecified atom stereocenters. The number of nitrogens with zero attached hydrogens (tertiary/aromatic N) is 4. The van der Waals surface area contributed by atoms with E-state index >= 15 is 0 Å². The largest absolute Gasteiger partial charge is 0.490 e. The van der Waals surface area contributed by atoms with Gasteiger partial charge in [-0.1, -0.05) is 0 Å². The van der Waals surface area contributed by atoms with Gasteiger partial charge >= 0.3 is 0 Å². The molecule has 8 heteroatoms. The van der Waals surface area contributed by atoms with Gasteiger partial charge in [0.05, 0.1) is 11.8 Å². The van der Waals surface area contributed by atoms with Crippen LogP contribution in [0.2, 0.25) is 0 Å². The van der Waals surface area contributed by atoms with Gasteiger partial charge in [0.2, 0.25) is 0 Å². The molecule has 2 heterocycles. The van der Waals surface area contributed by atoms with Gasteiger partial charge in [-0.05, 0) is 12.1 Å². The fourth-order valence-electron chi connectivity index (χ4n) is 2.50. The van der Waals surface area contributed by atoms with E-state index in [0.717, 1.165) is 38.8 Å². The number of halogens is 2. The van der Waals surface area contributed by atoms with Crippen molar-refractivity contribution >= 4 is 12.0 Å². The Morgan fingerprint density at radius 1 is 1.29 bits per heavy atom. The zero-order valence-corrected chi connectivity index (χ0v) is 13.2. The molecule has 6 nitrogen and oxygen atoms in total. The Bertz CT molecular complexity index is 684. The molecule has 128 valence electrons. The summed E-state index contributed by atoms with van der Waals surface area (Å²) in [5, 5.41) is 7.25. The lowest BCUT2D eigenvalue weighted by atomic mass is 10.2. The second-order valence-electron chi connectivity index (χ2n) is 5.43. The number of hydrogen-bond donors (Lipinski definition) is 1. The minimum absolute atomic E-state index is 0.187. The van der Waals surface area contributed by atoms with Crippen LogP contribution < -0.4 is 5.32 Å². The summed E-state index contributed by atoms with van der Waals surface area (Å²) in [6.07, 6.45) is 4.37. The quantitative estimate of drug-likeness (QED) is 0.810. The van der Waals surface area contributed by atoms with E-state index in [4.69, 9.17) is 4.74 Å². The van der Waals surface area contributed by atoms with E-state index < -0.39 is 11.6 Å². The first-order chi connectivity index (χ1) is 11.7. The summed E-state index contributed by atoms with van der Waals surface area (Å²) in [7, 11) is 0. The van der Waals surface area contributed by atoms with E-state index in [-0.39, 0.29) is 11.3 Å². The van der Waals surface area contributed by atoms with Crippen LogP contribution in [0.25, 0.3) is 12.0 Å². The normalized spacial score (nSPS) is 16.3. The molecule has 0 radical (unpaired) electrons. The molecule has 1 aliphatic heterocycles. The molecule has 0 aliphatic carbocycles. The highest BCUT2D eigenvalue weighted by Crippen LogP contribution is 2.21. The maximum Gasteiger partial charge on any atom is 0.147 e. The third kappa shape index (κ3) is 4.36. The molecular weight excluding hydrogens is 316 g/mol. The fourth-order valence-corrected chi connectivity index (χ4v) is 2.50. The molecule has 0 atom stereocenters. The molecule has 0 amide bonds. The Hall–Kier alpha value is -2.32. The number of piperazine rings is 1. The number of ether oxygens (including phenoxy) is 1. The molecule has 2 aromatic rings. The summed E-state index contributed by atoms with van der Waals surface area (Å²) >= 11 is 0. The zero-order chi connectivity index (χ0) is 16.8. The molecule has 1 aliphatic rings. The molecule has 1 fully saturated rings. The van der Waals surface area contributed by atoms with Gasteiger partial charge in [0, 0.05) is 38.8 Å². The van der Waals surface area contributed by atoms with E-state index in [0.29, 0.717) is 6.61 Å². The first-order valence-electron chi connectivity index (χ1n) is 7.79. The smallest absolute Gasteiger partial charge is 0.147 e. The monoisotopic (exact) mass is 335 g/mol. The Morgan fingerprint density at radius 2 is 2.12 bits per heavy atom. The number of benzene rings is 1. The number of hydrogen-bond acceptors (Lipinski definition) is 5. The molecule has 1 aromatic heterocycles. The summed E-state index contributed by atoms with van der Waals surface area (Å²) in [4.78, 5) is 6.11. The predicted molar refractivity (Wildman–Crippen MR) is 85.8 cm³/mol. The number of rotatable bonds is 6. The SMILES string of the molecule is Fc1ccc(/C(=C\n2cncn2)OCCN2CCNCC2)c(F)c1. The lowest BCUT2D eigenvalue weighted by Gasteiger charge is -2.27. The van der Waals surface area contributed by atoms with Gasteiger partial charge in [0.1, 0.15) is 36.7 Å². The van der Waals surface area contributed by atoms with E-state index in [1.54, 1.807) is 0 Å². The Balaban J connectivity index is 1.72. The maximum atomic E-state index is 14.1. The highest BCUT2D eigenvalue weighted by Gasteiger charge is 2.13. The Kier molecular flexibility index (Phi) is 5.50. The van der Waals surface area contributed by atoms with Crippen molar-refractivity contribution < 1.29 is 13.5 Å². The number of nitrogens with one attached hydrogen (secondary N) is 1. The van der Waals surface area contributed by atoms with Crippen molar-refractivity contribution in [1.82, 2.24) is 25.0 Å². The van der Waals surface area contributed by atoms with Crippen LogP contribution in [0.1, 0.15) is 5.56 Å². The Labute approximate surface area is 138 Å². The van der Waals surface area contributed by atoms with Crippen LogP contribution in [0.4, 0.5) is 8.78 Å². The van der Waals surface area contributed by atoms with Gasteiger partial charge in [-0.15, -0.1) is 0 Å². The van der Waals surface area contributed by atoms with Crippen LogP contribution in [0, 0.1) is 11.6 Å². The molecule has 1 aromatic carbocycles. The summed E-state index contributed by atoms with van der Waals surface area (Å²) in [5.41, 5.74) is 0.187. The van der Waals surface area contributed by atoms with E-state index in [1.165, 1.54) is 35.7 Å². The van der Waals surface area contributed by atoms with Crippen molar-refractivity contribution in [2.75, 3.05) is 39.3 Å². The van der Waals surface area contributed by atoms with Crippen LogP contribution in [-0.4, -0.2) is 59.0 Å². The summed E-state index contributed by atoms with van der Waals surface area (Å²) < 4.78 is 34.4. The second kappa shape index (κ2) is 7.98. The van der Waals surface area contributed by atoms with Crippen LogP contribution in [0.3, 0.4) is 0 Å². The predicted octanol–water partition coefficient (Wildman–Crippen LogP) is 1.43. The fraction of sp³-hybridized carbons (Fsp3) is 0.375. The minimum Gasteiger partial charge on any atom is -0.490 e. The third-order valence-corrected chi connectivity index (χ3v) is 3.76. The lowest BCUT2D eigenvalue weighted by Crippen LogP contribution is -2.44. The van der Waals surface area contributed by atoms with Crippen LogP contribution in [-0.2, 0) is 4.74 Å². The van der Waals surface area contributed by atoms with Crippen LogP contribution in [0.15, 0.2) is 30.9 Å². The van der Waals surface area contributed by atoms with Crippen molar-refractivity contribution in [3.05, 3.63) is 48.1 Å². The average molecular weight is 335 g/mol. The average Bonchev–Trinajstić information content (AvgIpc) is 3.08. The topological polar surface area (TPSA) is 55.2 Å². The lowest BCUT2D eigenvalue weighted by molar-refractivity contribution is 0.176. The van der Waals surface area contributed by atoms with Gasteiger partial charge in [0.15, 0.2) is 0 Å². The first kappa shape index (κ1) is 16.5. The van der Waals surface area contributed by atoms with Gasteiger partial charge in [0.25, 0.3) is 0 Å². The molecular formula is C16H19F2N5O. The third-order valence-electron chi connectivity index (χ3n) is 3.76. The summed E-state index contributed by atoms with van der Waals surface area (Å²) in [6, 6.07) is 3.40. The van der Waals surface area contributed by atoms with Crippen LogP contribution >= 0.6 is 0 Å². The molecule has 0 saturated carbocycles. The van der Waals surface area contributed by atoms with Crippen molar-refractivity contribution in [1.29, 1.82) is 0 Å². The van der Waals surface area contributed by atoms with Crippen molar-refractivity contribution in [2.45, 2.75) is 0 Å². The standard InChI is InChI=1S/C16H19F2N5O/c17-13-1-2-14(15(18)9-13)16(10-23-12-20-11-21-23)24-8-7-22-5-3-19-4-6-22/h1-2,9-12,19H,3-8H2/b16-10+. The van der Waals surface area contributed by atoms with Gasteiger partial charge in [-0.25, -0.2) is 18.4 Å². The number of aromatic nitrogens is 3. The summed E-state index contributed by atoms with van der Waals surface area (Å²) in [6.45, 7) is 4.95. The van der Waals surface area contributed by atoms with Crippen molar-refractivity contribution in [2.24, 2.45) is 0 Å². The molecule has 0 spiro atoms. The van der Waals surface area contributed by atoms with Gasteiger partial charge < -0.3 is 10.1 Å². The van der Waals surface area contributed by atoms with E-state index in [9.17, 15) is 8.78 Å². The zero-order valence-electron chi connectivity index (χ0n) is 13.2. The van der Waals surface area contributed by atoms with Crippen LogP contribution in [0.5, 0.6) is 0 Å². The molecule has 1 saturated heterocycles.